The van der Waals surface area contributed by atoms with E-state index in [2.05, 4.69) is 10.6 Å². The summed E-state index contributed by atoms with van der Waals surface area (Å²) >= 11 is 0. The minimum absolute atomic E-state index is 0.000423. The number of ether oxygens (including phenoxy) is 2. The third-order valence-corrected chi connectivity index (χ3v) is 3.62. The maximum Gasteiger partial charge on any atom is 0.416 e. The molecule has 2 amide bonds. The van der Waals surface area contributed by atoms with Crippen LogP contribution in [0.25, 0.3) is 0 Å². The van der Waals surface area contributed by atoms with Crippen molar-refractivity contribution in [2.45, 2.75) is 6.18 Å². The Kier molecular flexibility index (Phi) is 7.54. The number of rotatable bonds is 8. The highest BCUT2D eigenvalue weighted by Gasteiger charge is 2.31. The summed E-state index contributed by atoms with van der Waals surface area (Å²) in [6.07, 6.45) is -4.61. The van der Waals surface area contributed by atoms with Crippen LogP contribution in [-0.4, -0.2) is 38.7 Å². The molecule has 0 bridgehead atoms. The van der Waals surface area contributed by atoms with Gasteiger partial charge in [-0.05, 0) is 36.4 Å². The van der Waals surface area contributed by atoms with Gasteiger partial charge >= 0.3 is 6.18 Å². The summed E-state index contributed by atoms with van der Waals surface area (Å²) in [4.78, 5) is 24.0. The van der Waals surface area contributed by atoms with Crippen molar-refractivity contribution in [2.75, 3.05) is 32.2 Å². The second-order valence-electron chi connectivity index (χ2n) is 5.79. The Labute approximate surface area is 163 Å². The average Bonchev–Trinajstić information content (AvgIpc) is 2.66. The third kappa shape index (κ3) is 6.75. The molecule has 0 heterocycles. The van der Waals surface area contributed by atoms with Gasteiger partial charge in [-0.15, -0.1) is 0 Å². The van der Waals surface area contributed by atoms with E-state index in [1.54, 1.807) is 0 Å². The van der Waals surface area contributed by atoms with Crippen LogP contribution in [0.15, 0.2) is 42.5 Å². The molecule has 0 saturated heterocycles. The van der Waals surface area contributed by atoms with Crippen molar-refractivity contribution in [3.8, 4) is 5.75 Å². The van der Waals surface area contributed by atoms with Gasteiger partial charge in [-0.3, -0.25) is 9.59 Å². The van der Waals surface area contributed by atoms with E-state index < -0.39 is 35.9 Å². The summed E-state index contributed by atoms with van der Waals surface area (Å²) in [6.45, 7) is -0.289. The number of anilines is 1. The van der Waals surface area contributed by atoms with E-state index in [-0.39, 0.29) is 30.2 Å². The number of hydrogen-bond acceptors (Lipinski definition) is 4. The van der Waals surface area contributed by atoms with Gasteiger partial charge in [0.15, 0.2) is 0 Å². The van der Waals surface area contributed by atoms with Crippen LogP contribution in [-0.2, 0) is 15.7 Å². The number of carbonyl (C=O) groups excluding carboxylic acids is 2. The van der Waals surface area contributed by atoms with E-state index in [0.717, 1.165) is 30.3 Å². The van der Waals surface area contributed by atoms with Gasteiger partial charge in [0.2, 0.25) is 5.91 Å². The number of halogens is 4. The number of alkyl halides is 3. The molecule has 0 spiro atoms. The van der Waals surface area contributed by atoms with E-state index in [1.807, 2.05) is 0 Å². The molecular weight excluding hydrogens is 396 g/mol. The zero-order valence-electron chi connectivity index (χ0n) is 15.3. The van der Waals surface area contributed by atoms with Crippen LogP contribution in [0.3, 0.4) is 0 Å². The molecule has 0 radical (unpaired) electrons. The van der Waals surface area contributed by atoms with Crippen molar-refractivity contribution < 1.29 is 36.6 Å². The zero-order chi connectivity index (χ0) is 21.4. The summed E-state index contributed by atoms with van der Waals surface area (Å²) in [5, 5.41) is 4.54. The fourth-order valence-electron chi connectivity index (χ4n) is 2.25. The lowest BCUT2D eigenvalue weighted by Crippen LogP contribution is -2.33. The van der Waals surface area contributed by atoms with E-state index in [9.17, 15) is 27.2 Å². The van der Waals surface area contributed by atoms with E-state index in [0.29, 0.717) is 0 Å². The molecule has 0 aliphatic carbocycles. The van der Waals surface area contributed by atoms with E-state index in [1.165, 1.54) is 19.2 Å². The van der Waals surface area contributed by atoms with Crippen LogP contribution in [0.1, 0.15) is 15.9 Å². The summed E-state index contributed by atoms with van der Waals surface area (Å²) in [5.41, 5.74) is -1.18. The van der Waals surface area contributed by atoms with Crippen LogP contribution < -0.4 is 15.4 Å². The van der Waals surface area contributed by atoms with Crippen LogP contribution in [0.5, 0.6) is 5.75 Å². The second kappa shape index (κ2) is 9.87. The molecule has 0 aliphatic rings. The number of methoxy groups -OCH3 is 1. The first-order valence-electron chi connectivity index (χ1n) is 8.37. The van der Waals surface area contributed by atoms with Gasteiger partial charge in [0, 0.05) is 12.7 Å². The number of benzene rings is 2. The van der Waals surface area contributed by atoms with Gasteiger partial charge in [0.05, 0.1) is 24.4 Å². The lowest BCUT2D eigenvalue weighted by Gasteiger charge is -2.15. The van der Waals surface area contributed by atoms with E-state index >= 15 is 0 Å². The van der Waals surface area contributed by atoms with Crippen molar-refractivity contribution in [3.05, 3.63) is 59.4 Å². The number of nitrogens with one attached hydrogen (secondary N) is 2. The predicted molar refractivity (Wildman–Crippen MR) is 96.2 cm³/mol. The molecule has 2 N–H and O–H groups in total. The SMILES string of the molecule is COCCOc1ccc(C(F)(F)F)cc1NC(=O)CNC(=O)c1cccc(F)c1. The lowest BCUT2D eigenvalue weighted by molar-refractivity contribution is -0.137. The monoisotopic (exact) mass is 414 g/mol. The first-order valence-corrected chi connectivity index (χ1v) is 8.37. The average molecular weight is 414 g/mol. The van der Waals surface area contributed by atoms with Crippen molar-refractivity contribution in [1.29, 1.82) is 0 Å². The molecule has 6 nitrogen and oxygen atoms in total. The minimum Gasteiger partial charge on any atom is -0.489 e. The maximum atomic E-state index is 13.1. The standard InChI is InChI=1S/C19H18F4N2O4/c1-28-7-8-29-16-6-5-13(19(21,22)23)10-15(16)25-17(26)11-24-18(27)12-3-2-4-14(20)9-12/h2-6,9-10H,7-8,11H2,1H3,(H,24,27)(H,25,26). The van der Waals surface area contributed by atoms with Gasteiger partial charge in [-0.1, -0.05) is 6.07 Å². The topological polar surface area (TPSA) is 76.7 Å². The molecule has 0 fully saturated rings. The van der Waals surface area contributed by atoms with Gasteiger partial charge in [0.1, 0.15) is 18.2 Å². The Balaban J connectivity index is 2.07. The summed E-state index contributed by atoms with van der Waals surface area (Å²) in [5.74, 6) is -2.10. The van der Waals surface area contributed by atoms with Crippen molar-refractivity contribution in [3.63, 3.8) is 0 Å². The largest absolute Gasteiger partial charge is 0.489 e. The van der Waals surface area contributed by atoms with E-state index in [4.69, 9.17) is 9.47 Å². The fraction of sp³-hybridized carbons (Fsp3) is 0.263. The van der Waals surface area contributed by atoms with Crippen LogP contribution in [0.4, 0.5) is 23.2 Å². The molecule has 10 heteroatoms. The molecule has 2 aromatic rings. The van der Waals surface area contributed by atoms with Gasteiger partial charge in [0.25, 0.3) is 5.91 Å². The molecule has 0 saturated carbocycles. The Morgan fingerprint density at radius 1 is 1.07 bits per heavy atom. The maximum absolute atomic E-state index is 13.1. The molecule has 2 rings (SSSR count). The molecule has 156 valence electrons. The molecule has 0 unspecified atom stereocenters. The smallest absolute Gasteiger partial charge is 0.416 e. The molecule has 0 atom stereocenters. The summed E-state index contributed by atoms with van der Waals surface area (Å²) in [7, 11) is 1.43. The van der Waals surface area contributed by atoms with Crippen LogP contribution in [0.2, 0.25) is 0 Å². The Hall–Kier alpha value is -3.14. The first-order chi connectivity index (χ1) is 13.7. The fourth-order valence-corrected chi connectivity index (χ4v) is 2.25. The zero-order valence-corrected chi connectivity index (χ0v) is 15.3. The second-order valence-corrected chi connectivity index (χ2v) is 5.79. The van der Waals surface area contributed by atoms with Crippen molar-refractivity contribution in [2.24, 2.45) is 0 Å². The van der Waals surface area contributed by atoms with Crippen LogP contribution in [0, 0.1) is 5.82 Å². The Bertz CT molecular complexity index is 872. The highest BCUT2D eigenvalue weighted by molar-refractivity contribution is 5.99. The summed E-state index contributed by atoms with van der Waals surface area (Å²) in [6, 6.07) is 7.46. The number of hydrogen-bond donors (Lipinski definition) is 2. The predicted octanol–water partition coefficient (Wildman–Crippen LogP) is 3.24. The highest BCUT2D eigenvalue weighted by atomic mass is 19.4. The molecule has 0 aromatic heterocycles. The van der Waals surface area contributed by atoms with Gasteiger partial charge in [-0.2, -0.15) is 13.2 Å². The number of carbonyl (C=O) groups is 2. The molecule has 29 heavy (non-hydrogen) atoms. The lowest BCUT2D eigenvalue weighted by atomic mass is 10.1. The van der Waals surface area contributed by atoms with Crippen molar-refractivity contribution >= 4 is 17.5 Å². The molecular formula is C19H18F4N2O4. The summed E-state index contributed by atoms with van der Waals surface area (Å²) < 4.78 is 62.1. The van der Waals surface area contributed by atoms with Gasteiger partial charge in [-0.25, -0.2) is 4.39 Å². The molecule has 0 aliphatic heterocycles. The highest BCUT2D eigenvalue weighted by Crippen LogP contribution is 2.35. The quantitative estimate of drug-likeness (QED) is 0.514. The van der Waals surface area contributed by atoms with Crippen LogP contribution >= 0.6 is 0 Å². The third-order valence-electron chi connectivity index (χ3n) is 3.62. The Morgan fingerprint density at radius 2 is 1.83 bits per heavy atom. The minimum atomic E-state index is -4.61. The van der Waals surface area contributed by atoms with Gasteiger partial charge < -0.3 is 20.1 Å². The molecule has 2 aromatic carbocycles. The normalized spacial score (nSPS) is 11.1. The first kappa shape index (κ1) is 22.2. The van der Waals surface area contributed by atoms with Crippen molar-refractivity contribution in [1.82, 2.24) is 5.32 Å². The number of amides is 2. The Morgan fingerprint density at radius 3 is 2.48 bits per heavy atom.